The number of rotatable bonds is 3. The lowest BCUT2D eigenvalue weighted by Gasteiger charge is -2.54. The van der Waals surface area contributed by atoms with Crippen molar-refractivity contribution in [3.05, 3.63) is 77.1 Å². The predicted molar refractivity (Wildman–Crippen MR) is 98.1 cm³/mol. The molecule has 4 heterocycles. The summed E-state index contributed by atoms with van der Waals surface area (Å²) < 4.78 is 30.4. The van der Waals surface area contributed by atoms with Crippen molar-refractivity contribution < 1.29 is 33.2 Å². The first-order chi connectivity index (χ1) is 13.9. The number of benzene rings is 2. The van der Waals surface area contributed by atoms with E-state index in [1.807, 2.05) is 24.3 Å². The first-order valence-corrected chi connectivity index (χ1v) is 9.31. The normalized spacial score (nSPS) is 32.9. The van der Waals surface area contributed by atoms with Gasteiger partial charge in [0.1, 0.15) is 23.8 Å². The maximum Gasteiger partial charge on any atom is 0.340 e. The molecule has 7 heteroatoms. The van der Waals surface area contributed by atoms with E-state index in [-0.39, 0.29) is 17.8 Å². The van der Waals surface area contributed by atoms with E-state index < -0.39 is 29.6 Å². The number of cyclic esters (lactones) is 1. The van der Waals surface area contributed by atoms with Gasteiger partial charge in [-0.25, -0.2) is 14.1 Å². The van der Waals surface area contributed by atoms with E-state index in [0.29, 0.717) is 5.56 Å². The number of halogens is 1. The van der Waals surface area contributed by atoms with Crippen molar-refractivity contribution >= 4 is 5.97 Å². The number of methoxy groups -OCH3 is 1. The third-order valence-electron chi connectivity index (χ3n) is 5.61. The molecule has 2 aromatic carbocycles. The maximum absolute atomic E-state index is 13.3. The fourth-order valence-corrected chi connectivity index (χ4v) is 4.06. The zero-order valence-electron chi connectivity index (χ0n) is 15.9. The number of ether oxygens (including phenoxy) is 3. The molecule has 4 atom stereocenters. The minimum atomic E-state index is -1.39. The number of hydrogen-bond donors (Lipinski definition) is 0. The van der Waals surface area contributed by atoms with Gasteiger partial charge in [-0.2, -0.15) is 4.89 Å². The van der Waals surface area contributed by atoms with E-state index in [2.05, 4.69) is 0 Å². The van der Waals surface area contributed by atoms with Gasteiger partial charge in [0.25, 0.3) is 0 Å². The van der Waals surface area contributed by atoms with Crippen LogP contribution < -0.4 is 4.74 Å². The lowest BCUT2D eigenvalue weighted by molar-refractivity contribution is -0.523. The van der Waals surface area contributed by atoms with Gasteiger partial charge in [0.2, 0.25) is 5.79 Å². The lowest BCUT2D eigenvalue weighted by Crippen LogP contribution is -2.61. The highest BCUT2D eigenvalue weighted by Gasteiger charge is 2.63. The van der Waals surface area contributed by atoms with Crippen molar-refractivity contribution in [2.75, 3.05) is 7.11 Å². The molecule has 1 spiro atoms. The van der Waals surface area contributed by atoms with Gasteiger partial charge in [-0.15, -0.1) is 0 Å². The summed E-state index contributed by atoms with van der Waals surface area (Å²) in [6.45, 7) is 1.79. The summed E-state index contributed by atoms with van der Waals surface area (Å²) in [5.41, 5.74) is 0.811. The molecule has 0 N–H and O–H groups in total. The van der Waals surface area contributed by atoms with Gasteiger partial charge < -0.3 is 14.2 Å². The zero-order valence-corrected chi connectivity index (χ0v) is 15.9. The Morgan fingerprint density at radius 1 is 1.03 bits per heavy atom. The van der Waals surface area contributed by atoms with Crippen molar-refractivity contribution in [2.45, 2.75) is 36.9 Å². The van der Waals surface area contributed by atoms with Crippen LogP contribution in [0.5, 0.6) is 5.75 Å². The van der Waals surface area contributed by atoms with E-state index in [4.69, 9.17) is 24.0 Å². The van der Waals surface area contributed by atoms with Gasteiger partial charge in [-0.05, 0) is 48.4 Å². The van der Waals surface area contributed by atoms with Crippen molar-refractivity contribution in [1.82, 2.24) is 0 Å². The van der Waals surface area contributed by atoms with E-state index in [1.54, 1.807) is 32.2 Å². The van der Waals surface area contributed by atoms with Gasteiger partial charge in [0.05, 0.1) is 19.1 Å². The van der Waals surface area contributed by atoms with Crippen LogP contribution in [0.3, 0.4) is 0 Å². The van der Waals surface area contributed by atoms with Crippen LogP contribution in [0, 0.1) is 5.82 Å². The van der Waals surface area contributed by atoms with E-state index >= 15 is 0 Å². The summed E-state index contributed by atoms with van der Waals surface area (Å²) in [5.74, 6) is -1.56. The molecule has 2 unspecified atom stereocenters. The molecule has 29 heavy (non-hydrogen) atoms. The highest BCUT2D eigenvalue weighted by atomic mass is 19.1. The molecule has 0 saturated carbocycles. The van der Waals surface area contributed by atoms with Crippen LogP contribution in [0.1, 0.15) is 36.7 Å². The Kier molecular flexibility index (Phi) is 4.03. The second-order valence-corrected chi connectivity index (χ2v) is 7.58. The summed E-state index contributed by atoms with van der Waals surface area (Å²) in [6, 6.07) is 13.3. The first-order valence-electron chi connectivity index (χ1n) is 9.31. The van der Waals surface area contributed by atoms with E-state index in [1.165, 1.54) is 12.1 Å². The van der Waals surface area contributed by atoms with Crippen molar-refractivity contribution in [3.63, 3.8) is 0 Å². The number of fused-ring (bicyclic) bond motifs is 2. The van der Waals surface area contributed by atoms with Crippen LogP contribution in [0.4, 0.5) is 4.39 Å². The Labute approximate surface area is 166 Å². The minimum Gasteiger partial charge on any atom is -0.497 e. The molecule has 2 bridgehead atoms. The monoisotopic (exact) mass is 398 g/mol. The molecule has 2 saturated heterocycles. The molecule has 6 rings (SSSR count). The minimum absolute atomic E-state index is 0.193. The summed E-state index contributed by atoms with van der Waals surface area (Å²) in [7, 11) is 1.60. The second-order valence-electron chi connectivity index (χ2n) is 7.58. The number of carbonyl (C=O) groups excluding carboxylic acids is 1. The van der Waals surface area contributed by atoms with Crippen LogP contribution in [0.2, 0.25) is 0 Å². The number of hydrogen-bond acceptors (Lipinski definition) is 6. The topological polar surface area (TPSA) is 63.2 Å². The van der Waals surface area contributed by atoms with Gasteiger partial charge in [-0.1, -0.05) is 24.3 Å². The molecular formula is C22H19FO6. The zero-order chi connectivity index (χ0) is 20.2. The van der Waals surface area contributed by atoms with Crippen molar-refractivity contribution in [3.8, 4) is 5.75 Å². The van der Waals surface area contributed by atoms with E-state index in [9.17, 15) is 9.18 Å². The van der Waals surface area contributed by atoms with Crippen LogP contribution in [0.15, 0.2) is 60.2 Å². The molecule has 4 aliphatic heterocycles. The molecule has 0 radical (unpaired) electrons. The molecular weight excluding hydrogens is 379 g/mol. The Balaban J connectivity index is 1.51. The average Bonchev–Trinajstić information content (AvgIpc) is 2.74. The Bertz CT molecular complexity index is 985. The second kappa shape index (κ2) is 6.38. The van der Waals surface area contributed by atoms with Gasteiger partial charge in [0.15, 0.2) is 5.60 Å². The predicted octanol–water partition coefficient (Wildman–Crippen LogP) is 3.94. The van der Waals surface area contributed by atoms with Gasteiger partial charge in [-0.3, -0.25) is 0 Å². The smallest absolute Gasteiger partial charge is 0.340 e. The third kappa shape index (κ3) is 2.85. The SMILES string of the molecule is COc1ccc(C2O[C@]34CC(c5ccc(F)cc5)OC(=O)C3=C[C@@]2(C)OO4)cc1. The molecule has 2 aromatic rings. The highest BCUT2D eigenvalue weighted by Crippen LogP contribution is 2.55. The maximum atomic E-state index is 13.3. The standard InChI is InChI=1S/C22H19FO6/c1-21-11-17-20(24)26-18(13-3-7-15(23)8-4-13)12-22(17,29-28-21)27-19(21)14-5-9-16(25-2)10-6-14/h3-11,18-19H,12H2,1-2H3/t18?,19?,21-,22+/m1/s1. The average molecular weight is 398 g/mol. The summed E-state index contributed by atoms with van der Waals surface area (Å²) in [4.78, 5) is 24.1. The summed E-state index contributed by atoms with van der Waals surface area (Å²) >= 11 is 0. The third-order valence-corrected chi connectivity index (χ3v) is 5.61. The van der Waals surface area contributed by atoms with Crippen LogP contribution in [-0.4, -0.2) is 24.5 Å². The Morgan fingerprint density at radius 3 is 2.41 bits per heavy atom. The van der Waals surface area contributed by atoms with Crippen LogP contribution >= 0.6 is 0 Å². The molecule has 2 fully saturated rings. The molecule has 150 valence electrons. The Morgan fingerprint density at radius 2 is 1.72 bits per heavy atom. The number of carbonyl (C=O) groups is 1. The Hall–Kier alpha value is -2.74. The highest BCUT2D eigenvalue weighted by molar-refractivity contribution is 5.92. The van der Waals surface area contributed by atoms with Gasteiger partial charge in [0, 0.05) is 0 Å². The molecule has 0 amide bonds. The van der Waals surface area contributed by atoms with Crippen molar-refractivity contribution in [2.24, 2.45) is 0 Å². The summed E-state index contributed by atoms with van der Waals surface area (Å²) in [5, 5.41) is 0. The van der Waals surface area contributed by atoms with Crippen LogP contribution in [0.25, 0.3) is 0 Å². The molecule has 6 nitrogen and oxygen atoms in total. The molecule has 4 aliphatic rings. The van der Waals surface area contributed by atoms with E-state index in [0.717, 1.165) is 11.3 Å². The quantitative estimate of drug-likeness (QED) is 0.577. The fourth-order valence-electron chi connectivity index (χ4n) is 4.06. The molecule has 0 aliphatic carbocycles. The fraction of sp³-hybridized carbons (Fsp3) is 0.318. The van der Waals surface area contributed by atoms with Crippen LogP contribution in [-0.2, 0) is 24.0 Å². The largest absolute Gasteiger partial charge is 0.497 e. The lowest BCUT2D eigenvalue weighted by atomic mass is 9.81. The van der Waals surface area contributed by atoms with Crippen molar-refractivity contribution in [1.29, 1.82) is 0 Å². The summed E-state index contributed by atoms with van der Waals surface area (Å²) in [6.07, 6.45) is 0.769. The van der Waals surface area contributed by atoms with Gasteiger partial charge >= 0.3 is 5.97 Å². The number of esters is 1. The first kappa shape index (κ1) is 18.3. The molecule has 0 aromatic heterocycles.